The third-order valence-corrected chi connectivity index (χ3v) is 3.25. The monoisotopic (exact) mass is 379 g/mol. The number of hydrogen-bond acceptors (Lipinski definition) is 3. The van der Waals surface area contributed by atoms with Crippen LogP contribution in [0.5, 0.6) is 0 Å². The molecule has 0 bridgehead atoms. The number of alkyl halides is 3. The molecular weight excluding hydrogens is 371 g/mol. The zero-order chi connectivity index (χ0) is 15.6. The van der Waals surface area contributed by atoms with E-state index in [0.29, 0.717) is 16.8 Å². The Morgan fingerprint density at radius 2 is 1.95 bits per heavy atom. The van der Waals surface area contributed by atoms with Crippen molar-refractivity contribution in [2.24, 2.45) is 0 Å². The quantitative estimate of drug-likeness (QED) is 0.742. The van der Waals surface area contributed by atoms with Crippen LogP contribution in [0.4, 0.5) is 24.7 Å². The van der Waals surface area contributed by atoms with Crippen molar-refractivity contribution in [3.8, 4) is 0 Å². The number of benzene rings is 1. The van der Waals surface area contributed by atoms with Crippen molar-refractivity contribution < 1.29 is 13.2 Å². The highest BCUT2D eigenvalue weighted by molar-refractivity contribution is 9.10. The smallest absolute Gasteiger partial charge is 0.340 e. The molecule has 3 nitrogen and oxygen atoms in total. The van der Waals surface area contributed by atoms with Gasteiger partial charge in [-0.25, -0.2) is 9.97 Å². The van der Waals surface area contributed by atoms with E-state index in [9.17, 15) is 13.2 Å². The first-order chi connectivity index (χ1) is 9.79. The van der Waals surface area contributed by atoms with E-state index < -0.39 is 11.7 Å². The fourth-order valence-electron chi connectivity index (χ4n) is 1.68. The molecule has 0 aliphatic rings. The largest absolute Gasteiger partial charge is 0.418 e. The van der Waals surface area contributed by atoms with Gasteiger partial charge in [-0.15, -0.1) is 0 Å². The Labute approximate surface area is 132 Å². The van der Waals surface area contributed by atoms with E-state index >= 15 is 0 Å². The summed E-state index contributed by atoms with van der Waals surface area (Å²) in [5, 5.41) is 2.68. The normalized spacial score (nSPS) is 11.5. The van der Waals surface area contributed by atoms with Gasteiger partial charge in [-0.1, -0.05) is 18.5 Å². The average molecular weight is 381 g/mol. The highest BCUT2D eigenvalue weighted by atomic mass is 79.9. The van der Waals surface area contributed by atoms with Crippen LogP contribution in [0.15, 0.2) is 28.9 Å². The molecule has 0 aliphatic carbocycles. The summed E-state index contributed by atoms with van der Waals surface area (Å²) < 4.78 is 39.5. The molecule has 21 heavy (non-hydrogen) atoms. The summed E-state index contributed by atoms with van der Waals surface area (Å²) in [5.41, 5.74) is -0.956. The van der Waals surface area contributed by atoms with Gasteiger partial charge < -0.3 is 5.32 Å². The second kappa shape index (κ2) is 6.19. The SMILES string of the molecule is CCc1nc(Br)cc(Nc2ccc(Cl)cc2C(F)(F)F)n1. The maximum Gasteiger partial charge on any atom is 0.418 e. The van der Waals surface area contributed by atoms with Gasteiger partial charge in [-0.05, 0) is 34.1 Å². The molecule has 0 fully saturated rings. The molecule has 0 saturated heterocycles. The van der Waals surface area contributed by atoms with Crippen molar-refractivity contribution in [1.29, 1.82) is 0 Å². The van der Waals surface area contributed by atoms with Gasteiger partial charge in [0.25, 0.3) is 0 Å². The molecule has 8 heteroatoms. The summed E-state index contributed by atoms with van der Waals surface area (Å²) in [6, 6.07) is 5.04. The van der Waals surface area contributed by atoms with E-state index in [1.54, 1.807) is 0 Å². The lowest BCUT2D eigenvalue weighted by Gasteiger charge is -2.15. The number of halogens is 5. The number of nitrogens with zero attached hydrogens (tertiary/aromatic N) is 2. The average Bonchev–Trinajstić information content (AvgIpc) is 2.39. The molecule has 1 heterocycles. The van der Waals surface area contributed by atoms with Crippen LogP contribution < -0.4 is 5.32 Å². The Balaban J connectivity index is 2.42. The predicted molar refractivity (Wildman–Crippen MR) is 78.8 cm³/mol. The van der Waals surface area contributed by atoms with E-state index in [1.165, 1.54) is 18.2 Å². The number of nitrogens with one attached hydrogen (secondary N) is 1. The van der Waals surface area contributed by atoms with Crippen LogP contribution >= 0.6 is 27.5 Å². The molecule has 112 valence electrons. The van der Waals surface area contributed by atoms with Crippen LogP contribution in [0, 0.1) is 0 Å². The molecule has 2 rings (SSSR count). The summed E-state index contributed by atoms with van der Waals surface area (Å²) >= 11 is 8.84. The zero-order valence-corrected chi connectivity index (χ0v) is 13.1. The zero-order valence-electron chi connectivity index (χ0n) is 10.8. The molecule has 0 aliphatic heterocycles. The van der Waals surface area contributed by atoms with Gasteiger partial charge in [0.1, 0.15) is 16.2 Å². The third kappa shape index (κ3) is 4.07. The summed E-state index contributed by atoms with van der Waals surface area (Å²) in [4.78, 5) is 8.24. The summed E-state index contributed by atoms with van der Waals surface area (Å²) in [7, 11) is 0. The molecule has 0 radical (unpaired) electrons. The number of aryl methyl sites for hydroxylation is 1. The number of rotatable bonds is 3. The van der Waals surface area contributed by atoms with Crippen LogP contribution in [0.25, 0.3) is 0 Å². The van der Waals surface area contributed by atoms with Crippen molar-refractivity contribution in [2.45, 2.75) is 19.5 Å². The van der Waals surface area contributed by atoms with E-state index in [-0.39, 0.29) is 16.5 Å². The number of hydrogen-bond donors (Lipinski definition) is 1. The molecule has 0 unspecified atom stereocenters. The highest BCUT2D eigenvalue weighted by Gasteiger charge is 2.34. The van der Waals surface area contributed by atoms with Crippen molar-refractivity contribution in [1.82, 2.24) is 9.97 Å². The Morgan fingerprint density at radius 1 is 1.24 bits per heavy atom. The van der Waals surface area contributed by atoms with Crippen molar-refractivity contribution in [3.63, 3.8) is 0 Å². The molecular formula is C13H10BrClF3N3. The molecule has 1 aromatic carbocycles. The van der Waals surface area contributed by atoms with Gasteiger partial charge in [-0.2, -0.15) is 13.2 Å². The van der Waals surface area contributed by atoms with Gasteiger partial charge in [0.05, 0.1) is 11.3 Å². The van der Waals surface area contributed by atoms with Gasteiger partial charge in [0.2, 0.25) is 0 Å². The maximum absolute atomic E-state index is 13.0. The minimum absolute atomic E-state index is 0.0194. The number of aromatic nitrogens is 2. The summed E-state index contributed by atoms with van der Waals surface area (Å²) in [6.45, 7) is 1.86. The second-order valence-corrected chi connectivity index (χ2v) is 5.41. The summed E-state index contributed by atoms with van der Waals surface area (Å²) in [6.07, 6.45) is -3.94. The van der Waals surface area contributed by atoms with E-state index in [1.807, 2.05) is 6.92 Å². The van der Waals surface area contributed by atoms with Crippen LogP contribution in [0.3, 0.4) is 0 Å². The number of anilines is 2. The molecule has 2 aromatic rings. The standard InChI is InChI=1S/C13H10BrClF3N3/c1-2-11-20-10(14)6-12(21-11)19-9-4-3-7(15)5-8(9)13(16,17)18/h3-6H,2H2,1H3,(H,19,20,21). The van der Waals surface area contributed by atoms with E-state index in [0.717, 1.165) is 6.07 Å². The fourth-order valence-corrected chi connectivity index (χ4v) is 2.28. The van der Waals surface area contributed by atoms with Crippen molar-refractivity contribution in [3.05, 3.63) is 45.3 Å². The van der Waals surface area contributed by atoms with Crippen molar-refractivity contribution >= 4 is 39.0 Å². The topological polar surface area (TPSA) is 37.8 Å². The van der Waals surface area contributed by atoms with Gasteiger partial charge >= 0.3 is 6.18 Å². The Hall–Kier alpha value is -1.34. The first kappa shape index (κ1) is 16.0. The lowest BCUT2D eigenvalue weighted by Crippen LogP contribution is -2.09. The molecule has 1 aromatic heterocycles. The molecule has 0 atom stereocenters. The lowest BCUT2D eigenvalue weighted by molar-refractivity contribution is -0.136. The van der Waals surface area contributed by atoms with E-state index in [2.05, 4.69) is 31.2 Å². The van der Waals surface area contributed by atoms with Gasteiger partial charge in [-0.3, -0.25) is 0 Å². The highest BCUT2D eigenvalue weighted by Crippen LogP contribution is 2.37. The van der Waals surface area contributed by atoms with Gasteiger partial charge in [0.15, 0.2) is 0 Å². The van der Waals surface area contributed by atoms with Crippen LogP contribution in [0.1, 0.15) is 18.3 Å². The second-order valence-electron chi connectivity index (χ2n) is 4.16. The van der Waals surface area contributed by atoms with Crippen molar-refractivity contribution in [2.75, 3.05) is 5.32 Å². The van der Waals surface area contributed by atoms with Crippen LogP contribution in [-0.4, -0.2) is 9.97 Å². The first-order valence-electron chi connectivity index (χ1n) is 5.97. The Kier molecular flexibility index (Phi) is 4.73. The molecule has 0 saturated carbocycles. The third-order valence-electron chi connectivity index (χ3n) is 2.61. The summed E-state index contributed by atoms with van der Waals surface area (Å²) in [5.74, 6) is 0.802. The Morgan fingerprint density at radius 3 is 2.57 bits per heavy atom. The predicted octanol–water partition coefficient (Wildman–Crippen LogP) is 5.22. The minimum Gasteiger partial charge on any atom is -0.340 e. The Bertz CT molecular complexity index is 662. The maximum atomic E-state index is 13.0. The van der Waals surface area contributed by atoms with Gasteiger partial charge in [0, 0.05) is 17.5 Å². The fraction of sp³-hybridized carbons (Fsp3) is 0.231. The minimum atomic E-state index is -4.51. The lowest BCUT2D eigenvalue weighted by atomic mass is 10.1. The first-order valence-corrected chi connectivity index (χ1v) is 7.14. The molecule has 0 amide bonds. The van der Waals surface area contributed by atoms with Crippen LogP contribution in [-0.2, 0) is 12.6 Å². The van der Waals surface area contributed by atoms with Crippen LogP contribution in [0.2, 0.25) is 5.02 Å². The molecule has 0 spiro atoms. The molecule has 1 N–H and O–H groups in total. The van der Waals surface area contributed by atoms with E-state index in [4.69, 9.17) is 11.6 Å².